The molecule has 0 aromatic carbocycles. The van der Waals surface area contributed by atoms with Crippen molar-refractivity contribution in [3.05, 3.63) is 0 Å². The van der Waals surface area contributed by atoms with Crippen molar-refractivity contribution in [3.8, 4) is 0 Å². The van der Waals surface area contributed by atoms with Gasteiger partial charge >= 0.3 is 29.6 Å². The van der Waals surface area contributed by atoms with Gasteiger partial charge in [0.2, 0.25) is 0 Å². The van der Waals surface area contributed by atoms with E-state index in [-0.39, 0.29) is 40.5 Å². The van der Waals surface area contributed by atoms with Crippen LogP contribution in [0.15, 0.2) is 0 Å². The van der Waals surface area contributed by atoms with Crippen LogP contribution >= 0.6 is 0 Å². The fraction of sp³-hybridized carbons (Fsp3) is 1.00. The second-order valence-electron chi connectivity index (χ2n) is 1.32. The summed E-state index contributed by atoms with van der Waals surface area (Å²) in [6.07, 6.45) is 2.56. The van der Waals surface area contributed by atoms with Crippen molar-refractivity contribution in [1.29, 1.82) is 0 Å². The molecule has 0 radical (unpaired) electrons. The summed E-state index contributed by atoms with van der Waals surface area (Å²) < 4.78 is 4.94. The number of rotatable bonds is 0. The summed E-state index contributed by atoms with van der Waals surface area (Å²) in [4.78, 5) is 0. The zero-order valence-corrected chi connectivity index (χ0v) is 8.63. The molecule has 0 bridgehead atoms. The minimum Gasteiger partial charge on any atom is -0.870 e. The zero-order chi connectivity index (χ0) is 5.54. The van der Waals surface area contributed by atoms with Crippen LogP contribution in [0, 0.1) is 0 Å². The maximum Gasteiger partial charge on any atom is 1.00 e. The van der Waals surface area contributed by atoms with Crippen molar-refractivity contribution in [2.24, 2.45) is 0 Å². The van der Waals surface area contributed by atoms with Gasteiger partial charge in [0.05, 0.1) is 0 Å². The Hall–Kier alpha value is 0.840. The van der Waals surface area contributed by atoms with Crippen LogP contribution in [0.25, 0.3) is 0 Å². The Bertz CT molecular complexity index is 25.2. The minimum absolute atomic E-state index is 0. The number of hydrogen-bond donors (Lipinski definition) is 1. The van der Waals surface area contributed by atoms with Crippen LogP contribution in [0.3, 0.4) is 0 Å². The van der Waals surface area contributed by atoms with Crippen LogP contribution in [-0.4, -0.2) is 36.4 Å². The fourth-order valence-electron chi connectivity index (χ4n) is 0.510. The third-order valence-corrected chi connectivity index (χ3v) is 0.827. The molecule has 0 spiro atoms. The molecule has 10 heavy (non-hydrogen) atoms. The van der Waals surface area contributed by atoms with E-state index in [0.29, 0.717) is 0 Å². The Labute approximate surface area is 83.5 Å². The Morgan fingerprint density at radius 2 is 1.40 bits per heavy atom. The van der Waals surface area contributed by atoms with Crippen LogP contribution in [0.2, 0.25) is 0 Å². The van der Waals surface area contributed by atoms with Crippen molar-refractivity contribution < 1.29 is 50.4 Å². The van der Waals surface area contributed by atoms with Gasteiger partial charge in [0.25, 0.3) is 0 Å². The molecule has 1 aliphatic rings. The molecule has 4 N–H and O–H groups in total. The molecule has 1 saturated heterocycles. The van der Waals surface area contributed by atoms with Crippen LogP contribution in [0.5, 0.6) is 0 Å². The van der Waals surface area contributed by atoms with Gasteiger partial charge in [-0.05, 0) is 12.8 Å². The van der Waals surface area contributed by atoms with Gasteiger partial charge in [-0.15, -0.1) is 0 Å². The van der Waals surface area contributed by atoms with Crippen LogP contribution in [0.4, 0.5) is 0 Å². The van der Waals surface area contributed by atoms with Gasteiger partial charge in [0.1, 0.15) is 0 Å². The molecule has 1 fully saturated rings. The molecular formula is C5H15NaO4. The van der Waals surface area contributed by atoms with Gasteiger partial charge in [0, 0.05) is 20.3 Å². The first-order valence-corrected chi connectivity index (χ1v) is 2.52. The van der Waals surface area contributed by atoms with E-state index >= 15 is 0 Å². The molecular weight excluding hydrogens is 147 g/mol. The molecule has 60 valence electrons. The average Bonchev–Trinajstić information content (AvgIpc) is 2.23. The normalized spacial score (nSPS) is 12.6. The predicted octanol–water partition coefficient (Wildman–Crippen LogP) is -3.59. The molecule has 4 nitrogen and oxygen atoms in total. The summed E-state index contributed by atoms with van der Waals surface area (Å²) in [5.74, 6) is 0. The van der Waals surface area contributed by atoms with Crippen LogP contribution in [0.1, 0.15) is 12.8 Å². The number of ether oxygens (including phenoxy) is 1. The number of aliphatic hydroxyl groups excluding tert-OH is 1. The molecule has 5 heteroatoms. The summed E-state index contributed by atoms with van der Waals surface area (Å²) in [5.41, 5.74) is 0. The van der Waals surface area contributed by atoms with Crippen molar-refractivity contribution in [1.82, 2.24) is 0 Å². The largest absolute Gasteiger partial charge is 1.00 e. The second kappa shape index (κ2) is 22.5. The molecule has 0 unspecified atom stereocenters. The van der Waals surface area contributed by atoms with Gasteiger partial charge in [-0.2, -0.15) is 0 Å². The van der Waals surface area contributed by atoms with E-state index in [1.54, 1.807) is 0 Å². The van der Waals surface area contributed by atoms with Gasteiger partial charge in [-0.25, -0.2) is 0 Å². The van der Waals surface area contributed by atoms with Crippen molar-refractivity contribution in [2.45, 2.75) is 12.8 Å². The zero-order valence-electron chi connectivity index (χ0n) is 6.63. The maximum absolute atomic E-state index is 7.00. The van der Waals surface area contributed by atoms with Gasteiger partial charge in [-0.1, -0.05) is 0 Å². The van der Waals surface area contributed by atoms with E-state index in [0.717, 1.165) is 20.3 Å². The van der Waals surface area contributed by atoms with E-state index in [4.69, 9.17) is 9.84 Å². The molecule has 1 rings (SSSR count). The number of hydrogen-bond acceptors (Lipinski definition) is 3. The molecule has 0 aliphatic carbocycles. The molecule has 0 aromatic rings. The van der Waals surface area contributed by atoms with E-state index in [1.807, 2.05) is 0 Å². The summed E-state index contributed by atoms with van der Waals surface area (Å²) in [5, 5.41) is 7.00. The standard InChI is InChI=1S/C4H8O.CH4O.Na.2H2O/c1-2-4-5-3-1;1-2;;;/h1-4H2;2H,1H3;;2*1H2/q;;+1;;/p-1. The van der Waals surface area contributed by atoms with E-state index in [9.17, 15) is 0 Å². The average molecular weight is 162 g/mol. The molecule has 0 aromatic heterocycles. The van der Waals surface area contributed by atoms with E-state index < -0.39 is 0 Å². The van der Waals surface area contributed by atoms with Gasteiger partial charge in [-0.3, -0.25) is 0 Å². The van der Waals surface area contributed by atoms with Crippen LogP contribution < -0.4 is 29.6 Å². The molecule has 1 aliphatic heterocycles. The first-order chi connectivity index (χ1) is 3.50. The topological polar surface area (TPSA) is 91.0 Å². The Kier molecular flexibility index (Phi) is 50.6. The Morgan fingerprint density at radius 3 is 1.50 bits per heavy atom. The molecule has 0 amide bonds. The Balaban J connectivity index is -0.0000000337. The third kappa shape index (κ3) is 15.9. The number of aliphatic hydroxyl groups is 1. The fourth-order valence-corrected chi connectivity index (χ4v) is 0.510. The quantitative estimate of drug-likeness (QED) is 0.373. The molecule has 1 heterocycles. The monoisotopic (exact) mass is 162 g/mol. The van der Waals surface area contributed by atoms with E-state index in [1.165, 1.54) is 12.8 Å². The van der Waals surface area contributed by atoms with Crippen LogP contribution in [-0.2, 0) is 4.74 Å². The molecule has 0 saturated carbocycles. The van der Waals surface area contributed by atoms with Crippen molar-refractivity contribution >= 4 is 0 Å². The third-order valence-electron chi connectivity index (χ3n) is 0.827. The summed E-state index contributed by atoms with van der Waals surface area (Å²) in [7, 11) is 1.00. The SMILES string of the molecule is C1CCOC1.CO.O.[Na+].[OH-]. The van der Waals surface area contributed by atoms with Crippen molar-refractivity contribution in [3.63, 3.8) is 0 Å². The minimum atomic E-state index is 0. The summed E-state index contributed by atoms with van der Waals surface area (Å²) in [6.45, 7) is 2.00. The van der Waals surface area contributed by atoms with E-state index in [2.05, 4.69) is 0 Å². The maximum atomic E-state index is 7.00. The van der Waals surface area contributed by atoms with Gasteiger partial charge in [0.15, 0.2) is 0 Å². The summed E-state index contributed by atoms with van der Waals surface area (Å²) in [6, 6.07) is 0. The van der Waals surface area contributed by atoms with Gasteiger partial charge < -0.3 is 20.8 Å². The van der Waals surface area contributed by atoms with Crippen molar-refractivity contribution in [2.75, 3.05) is 20.3 Å². The first kappa shape index (κ1) is 22.4. The first-order valence-electron chi connectivity index (χ1n) is 2.52. The summed E-state index contributed by atoms with van der Waals surface area (Å²) >= 11 is 0. The Morgan fingerprint density at radius 1 is 1.10 bits per heavy atom. The smallest absolute Gasteiger partial charge is 0.870 e. The molecule has 0 atom stereocenters. The predicted molar refractivity (Wildman–Crippen MR) is 33.7 cm³/mol. The second-order valence-corrected chi connectivity index (χ2v) is 1.32.